The van der Waals surface area contributed by atoms with E-state index in [4.69, 9.17) is 14.5 Å². The van der Waals surface area contributed by atoms with Crippen LogP contribution in [-0.2, 0) is 21.0 Å². The summed E-state index contributed by atoms with van der Waals surface area (Å²) in [5.74, 6) is 0.222. The quantitative estimate of drug-likeness (QED) is 0.193. The number of nitrogens with zero attached hydrogens (tertiary/aromatic N) is 4. The first-order valence-corrected chi connectivity index (χ1v) is 17.2. The van der Waals surface area contributed by atoms with E-state index in [0.717, 1.165) is 57.8 Å². The van der Waals surface area contributed by atoms with Crippen LogP contribution in [0.3, 0.4) is 0 Å². The second-order valence-corrected chi connectivity index (χ2v) is 18.8. The van der Waals surface area contributed by atoms with Crippen molar-refractivity contribution in [3.8, 4) is 10.6 Å². The summed E-state index contributed by atoms with van der Waals surface area (Å²) in [6.45, 7) is 16.0. The van der Waals surface area contributed by atoms with Crippen LogP contribution in [0.1, 0.15) is 45.0 Å². The molecule has 0 bridgehead atoms. The molecule has 0 saturated heterocycles. The Morgan fingerprint density at radius 3 is 2.64 bits per heavy atom. The summed E-state index contributed by atoms with van der Waals surface area (Å²) >= 11 is 1.57. The summed E-state index contributed by atoms with van der Waals surface area (Å²) in [6.07, 6.45) is 6.25. The zero-order chi connectivity index (χ0) is 26.1. The number of carbonyl (C=O) groups is 1. The first-order valence-electron chi connectivity index (χ1n) is 12.7. The molecule has 1 N–H and O–H groups in total. The van der Waals surface area contributed by atoms with Crippen molar-refractivity contribution >= 4 is 42.1 Å². The summed E-state index contributed by atoms with van der Waals surface area (Å²) in [5.41, 5.74) is 2.43. The molecule has 1 aliphatic rings. The molecule has 0 aliphatic heterocycles. The van der Waals surface area contributed by atoms with E-state index in [2.05, 4.69) is 45.8 Å². The van der Waals surface area contributed by atoms with Gasteiger partial charge < -0.3 is 19.4 Å². The minimum atomic E-state index is -1.13. The van der Waals surface area contributed by atoms with Crippen LogP contribution in [-0.4, -0.2) is 52.0 Å². The van der Waals surface area contributed by atoms with Crippen LogP contribution in [0.4, 0.5) is 5.69 Å². The van der Waals surface area contributed by atoms with Gasteiger partial charge in [0.15, 0.2) is 5.01 Å². The minimum absolute atomic E-state index is 0.117. The molecule has 10 heteroatoms. The molecule has 8 nitrogen and oxygen atoms in total. The van der Waals surface area contributed by atoms with Crippen molar-refractivity contribution in [2.24, 2.45) is 5.92 Å². The van der Waals surface area contributed by atoms with Gasteiger partial charge in [0.25, 0.3) is 0 Å². The van der Waals surface area contributed by atoms with Gasteiger partial charge in [0.1, 0.15) is 23.0 Å². The summed E-state index contributed by atoms with van der Waals surface area (Å²) in [6, 6.07) is 3.52. The van der Waals surface area contributed by atoms with Crippen LogP contribution in [0.15, 0.2) is 18.5 Å². The second kappa shape index (κ2) is 10.6. The van der Waals surface area contributed by atoms with Crippen LogP contribution in [0.2, 0.25) is 25.7 Å². The van der Waals surface area contributed by atoms with E-state index in [-0.39, 0.29) is 12.0 Å². The van der Waals surface area contributed by atoms with Crippen molar-refractivity contribution in [1.82, 2.24) is 19.7 Å². The van der Waals surface area contributed by atoms with Crippen LogP contribution in [0, 0.1) is 12.8 Å². The Morgan fingerprint density at radius 1 is 1.25 bits per heavy atom. The predicted molar refractivity (Wildman–Crippen MR) is 148 cm³/mol. The largest absolute Gasteiger partial charge is 0.460 e. The van der Waals surface area contributed by atoms with E-state index in [1.807, 2.05) is 40.1 Å². The Bertz CT molecular complexity index is 1200. The van der Waals surface area contributed by atoms with Crippen molar-refractivity contribution in [3.63, 3.8) is 0 Å². The first-order chi connectivity index (χ1) is 16.9. The van der Waals surface area contributed by atoms with Crippen LogP contribution in [0.5, 0.6) is 0 Å². The highest BCUT2D eigenvalue weighted by atomic mass is 32.1. The van der Waals surface area contributed by atoms with E-state index in [1.165, 1.54) is 0 Å². The zero-order valence-electron chi connectivity index (χ0n) is 22.6. The molecule has 1 saturated carbocycles. The average molecular weight is 530 g/mol. The number of hydrogen-bond donors (Lipinski definition) is 1. The zero-order valence-corrected chi connectivity index (χ0v) is 24.4. The van der Waals surface area contributed by atoms with Gasteiger partial charge in [-0.1, -0.05) is 31.0 Å². The van der Waals surface area contributed by atoms with E-state index < -0.39 is 13.7 Å². The molecule has 0 radical (unpaired) electrons. The SMILES string of the molecule is Cc1nnc(-c2cnc3c(ccn3COCC[Si](C)(C)C)c2NC2CC(CC(=O)OC(C)(C)C)C2)s1. The summed E-state index contributed by atoms with van der Waals surface area (Å²) in [7, 11) is -1.13. The number of nitrogens with one attached hydrogen (secondary N) is 1. The smallest absolute Gasteiger partial charge is 0.306 e. The number of hydrogen-bond acceptors (Lipinski definition) is 8. The normalized spacial score (nSPS) is 18.3. The van der Waals surface area contributed by atoms with Crippen LogP contribution >= 0.6 is 11.3 Å². The molecule has 0 atom stereocenters. The maximum absolute atomic E-state index is 12.2. The van der Waals surface area contributed by atoms with Gasteiger partial charge in [0, 0.05) is 44.9 Å². The van der Waals surface area contributed by atoms with Gasteiger partial charge in [0.2, 0.25) is 0 Å². The van der Waals surface area contributed by atoms with Gasteiger partial charge in [-0.05, 0) is 58.6 Å². The predicted octanol–water partition coefficient (Wildman–Crippen LogP) is 6.10. The molecule has 1 fully saturated rings. The topological polar surface area (TPSA) is 91.2 Å². The van der Waals surface area contributed by atoms with Gasteiger partial charge in [-0.2, -0.15) is 0 Å². The number of rotatable bonds is 10. The highest BCUT2D eigenvalue weighted by molar-refractivity contribution is 7.14. The number of aromatic nitrogens is 4. The van der Waals surface area contributed by atoms with Crippen molar-refractivity contribution in [3.05, 3.63) is 23.5 Å². The molecule has 4 rings (SSSR count). The first kappa shape index (κ1) is 26.8. The third-order valence-electron chi connectivity index (χ3n) is 6.23. The van der Waals surface area contributed by atoms with E-state index in [9.17, 15) is 4.79 Å². The number of pyridine rings is 1. The van der Waals surface area contributed by atoms with E-state index in [1.54, 1.807) is 11.3 Å². The third-order valence-corrected chi connectivity index (χ3v) is 8.81. The number of fused-ring (bicyclic) bond motifs is 1. The number of ether oxygens (including phenoxy) is 2. The number of esters is 1. The standard InChI is InChI=1S/C26H39N5O3SSi/c1-17-29-30-25(35-17)21-15-27-24-20(8-9-31(24)16-33-10-11-36(5,6)7)23(21)28-19-12-18(13-19)14-22(32)34-26(2,3)4/h8-9,15,18-19H,10-14,16H2,1-7H3,(H,27,28). The number of anilines is 1. The molecule has 0 amide bonds. The van der Waals surface area contributed by atoms with Gasteiger partial charge in [-0.15, -0.1) is 10.2 Å². The highest BCUT2D eigenvalue weighted by Gasteiger charge is 2.33. The van der Waals surface area contributed by atoms with E-state index >= 15 is 0 Å². The van der Waals surface area contributed by atoms with Crippen molar-refractivity contribution in [2.45, 2.75) is 91.0 Å². The molecule has 0 aromatic carbocycles. The Morgan fingerprint density at radius 2 is 2.00 bits per heavy atom. The minimum Gasteiger partial charge on any atom is -0.460 e. The lowest BCUT2D eigenvalue weighted by Gasteiger charge is -2.37. The molecule has 3 aromatic heterocycles. The molecule has 36 heavy (non-hydrogen) atoms. The molecule has 3 heterocycles. The molecule has 0 spiro atoms. The fraction of sp³-hybridized carbons (Fsp3) is 0.615. The summed E-state index contributed by atoms with van der Waals surface area (Å²) in [4.78, 5) is 17.0. The molecule has 0 unspecified atom stereocenters. The van der Waals surface area contributed by atoms with Gasteiger partial charge in [0.05, 0.1) is 11.3 Å². The Balaban J connectivity index is 1.49. The van der Waals surface area contributed by atoms with Crippen molar-refractivity contribution < 1.29 is 14.3 Å². The molecular formula is C26H39N5O3SSi. The molecule has 3 aromatic rings. The van der Waals surface area contributed by atoms with Gasteiger partial charge in [-0.3, -0.25) is 4.79 Å². The number of aryl methyl sites for hydroxylation is 1. The van der Waals surface area contributed by atoms with Crippen molar-refractivity contribution in [2.75, 3.05) is 11.9 Å². The van der Waals surface area contributed by atoms with Gasteiger partial charge in [-0.25, -0.2) is 4.98 Å². The average Bonchev–Trinajstić information content (AvgIpc) is 3.34. The second-order valence-electron chi connectivity index (χ2n) is 12.0. The van der Waals surface area contributed by atoms with Crippen LogP contribution in [0.25, 0.3) is 21.6 Å². The Hall–Kier alpha value is -2.30. The van der Waals surface area contributed by atoms with Crippen LogP contribution < -0.4 is 5.32 Å². The Labute approximate surface area is 218 Å². The lowest BCUT2D eigenvalue weighted by atomic mass is 9.78. The number of carbonyl (C=O) groups excluding carboxylic acids is 1. The lowest BCUT2D eigenvalue weighted by molar-refractivity contribution is -0.156. The maximum atomic E-state index is 12.2. The lowest BCUT2D eigenvalue weighted by Crippen LogP contribution is -2.37. The van der Waals surface area contributed by atoms with E-state index in [0.29, 0.717) is 19.1 Å². The summed E-state index contributed by atoms with van der Waals surface area (Å²) in [5, 5.41) is 15.2. The van der Waals surface area contributed by atoms with Gasteiger partial charge >= 0.3 is 5.97 Å². The van der Waals surface area contributed by atoms with Crippen molar-refractivity contribution in [1.29, 1.82) is 0 Å². The highest BCUT2D eigenvalue weighted by Crippen LogP contribution is 2.40. The molecular weight excluding hydrogens is 490 g/mol. The molecule has 196 valence electrons. The monoisotopic (exact) mass is 529 g/mol. The third kappa shape index (κ3) is 6.92. The molecule has 1 aliphatic carbocycles. The maximum Gasteiger partial charge on any atom is 0.306 e. The fourth-order valence-corrected chi connectivity index (χ4v) is 5.81. The fourth-order valence-electron chi connectivity index (χ4n) is 4.35. The Kier molecular flexibility index (Phi) is 7.87. The summed E-state index contributed by atoms with van der Waals surface area (Å²) < 4.78 is 13.6.